The van der Waals surface area contributed by atoms with Crippen molar-refractivity contribution >= 4 is 43.5 Å². The summed E-state index contributed by atoms with van der Waals surface area (Å²) in [6.07, 6.45) is 0. The summed E-state index contributed by atoms with van der Waals surface area (Å²) in [6.45, 7) is 0. The third-order valence-electron chi connectivity index (χ3n) is 2.91. The molecule has 0 atom stereocenters. The molecule has 1 aromatic heterocycles. The van der Waals surface area contributed by atoms with E-state index >= 15 is 0 Å². The lowest BCUT2D eigenvalue weighted by Gasteiger charge is -1.97. The third-order valence-corrected chi connectivity index (χ3v) is 4.66. The van der Waals surface area contributed by atoms with Crippen LogP contribution in [-0.2, 0) is 4.74 Å². The van der Waals surface area contributed by atoms with Gasteiger partial charge in [0, 0.05) is 10.0 Å². The molecule has 0 saturated heterocycles. The van der Waals surface area contributed by atoms with E-state index in [1.165, 1.54) is 7.11 Å². The van der Waals surface area contributed by atoms with Crippen LogP contribution in [0.25, 0.3) is 20.8 Å². The quantitative estimate of drug-likeness (QED) is 0.640. The number of carbonyl (C=O) groups is 1. The zero-order valence-corrected chi connectivity index (χ0v) is 13.0. The summed E-state index contributed by atoms with van der Waals surface area (Å²) in [7, 11) is 1.38. The van der Waals surface area contributed by atoms with E-state index in [1.807, 2.05) is 36.4 Å². The Balaban J connectivity index is 2.12. The smallest absolute Gasteiger partial charge is 0.337 e. The number of hydrogen-bond acceptors (Lipinski definition) is 4. The highest BCUT2D eigenvalue weighted by atomic mass is 79.9. The van der Waals surface area contributed by atoms with Gasteiger partial charge in [0.15, 0.2) is 0 Å². The molecule has 3 nitrogen and oxygen atoms in total. The Labute approximate surface area is 128 Å². The molecule has 0 unspecified atom stereocenters. The van der Waals surface area contributed by atoms with Gasteiger partial charge in [0.1, 0.15) is 5.01 Å². The van der Waals surface area contributed by atoms with Gasteiger partial charge in [-0.1, -0.05) is 34.1 Å². The maximum Gasteiger partial charge on any atom is 0.337 e. The molecule has 0 spiro atoms. The van der Waals surface area contributed by atoms with E-state index in [9.17, 15) is 4.79 Å². The molecule has 1 heterocycles. The molecular weight excluding hydrogens is 338 g/mol. The first-order valence-electron chi connectivity index (χ1n) is 5.93. The number of thiazole rings is 1. The van der Waals surface area contributed by atoms with Crippen molar-refractivity contribution in [1.82, 2.24) is 4.98 Å². The number of methoxy groups -OCH3 is 1. The van der Waals surface area contributed by atoms with Crippen LogP contribution in [0.3, 0.4) is 0 Å². The Morgan fingerprint density at radius 1 is 1.25 bits per heavy atom. The first kappa shape index (κ1) is 13.3. The van der Waals surface area contributed by atoms with E-state index in [2.05, 4.69) is 20.9 Å². The van der Waals surface area contributed by atoms with Gasteiger partial charge in [-0.15, -0.1) is 11.3 Å². The van der Waals surface area contributed by atoms with Crippen LogP contribution in [0.2, 0.25) is 0 Å². The van der Waals surface area contributed by atoms with Gasteiger partial charge < -0.3 is 4.74 Å². The number of hydrogen-bond donors (Lipinski definition) is 0. The first-order valence-corrected chi connectivity index (χ1v) is 7.54. The van der Waals surface area contributed by atoms with Gasteiger partial charge in [0.2, 0.25) is 0 Å². The topological polar surface area (TPSA) is 39.2 Å². The number of aromatic nitrogens is 1. The molecule has 5 heteroatoms. The second-order valence-electron chi connectivity index (χ2n) is 4.17. The minimum atomic E-state index is -0.331. The van der Waals surface area contributed by atoms with Crippen LogP contribution in [0.15, 0.2) is 46.9 Å². The minimum Gasteiger partial charge on any atom is -0.465 e. The van der Waals surface area contributed by atoms with Gasteiger partial charge in [-0.05, 0) is 24.3 Å². The summed E-state index contributed by atoms with van der Waals surface area (Å²) in [6, 6.07) is 13.3. The standard InChI is InChI=1S/C15H10BrNO2S/c1-19-15(18)9-6-7-12-13(8-9)20-14(17-12)10-4-2-3-5-11(10)16/h2-8H,1H3. The maximum absolute atomic E-state index is 11.5. The zero-order chi connectivity index (χ0) is 14.1. The third kappa shape index (κ3) is 2.34. The Kier molecular flexibility index (Phi) is 3.54. The van der Waals surface area contributed by atoms with Gasteiger partial charge in [0.05, 0.1) is 22.9 Å². The van der Waals surface area contributed by atoms with E-state index in [1.54, 1.807) is 17.4 Å². The first-order chi connectivity index (χ1) is 9.69. The number of ether oxygens (including phenoxy) is 1. The van der Waals surface area contributed by atoms with Crippen molar-refractivity contribution in [2.24, 2.45) is 0 Å². The molecular formula is C15H10BrNO2S. The molecule has 0 aliphatic heterocycles. The van der Waals surface area contributed by atoms with Crippen LogP contribution >= 0.6 is 27.3 Å². The summed E-state index contributed by atoms with van der Waals surface area (Å²) in [5.41, 5.74) is 2.48. The largest absolute Gasteiger partial charge is 0.465 e. The highest BCUT2D eigenvalue weighted by molar-refractivity contribution is 9.10. The van der Waals surface area contributed by atoms with Crippen molar-refractivity contribution in [3.05, 3.63) is 52.5 Å². The molecule has 0 radical (unpaired) electrons. The summed E-state index contributed by atoms with van der Waals surface area (Å²) in [5.74, 6) is -0.331. The number of halogens is 1. The average molecular weight is 348 g/mol. The number of rotatable bonds is 2. The average Bonchev–Trinajstić information content (AvgIpc) is 2.89. The Morgan fingerprint density at radius 3 is 2.80 bits per heavy atom. The fourth-order valence-corrected chi connectivity index (χ4v) is 3.57. The monoisotopic (exact) mass is 347 g/mol. The summed E-state index contributed by atoms with van der Waals surface area (Å²) >= 11 is 5.09. The predicted molar refractivity (Wildman–Crippen MR) is 84.1 cm³/mol. The molecule has 3 aromatic rings. The second-order valence-corrected chi connectivity index (χ2v) is 6.06. The lowest BCUT2D eigenvalue weighted by Crippen LogP contribution is -1.99. The van der Waals surface area contributed by atoms with Crippen molar-refractivity contribution in [2.45, 2.75) is 0 Å². The molecule has 3 rings (SSSR count). The van der Waals surface area contributed by atoms with Crippen LogP contribution in [0, 0.1) is 0 Å². The van der Waals surface area contributed by atoms with Crippen LogP contribution in [0.5, 0.6) is 0 Å². The Hall–Kier alpha value is -1.72. The van der Waals surface area contributed by atoms with Crippen molar-refractivity contribution in [3.63, 3.8) is 0 Å². The maximum atomic E-state index is 11.5. The van der Waals surface area contributed by atoms with E-state index in [0.717, 1.165) is 25.3 Å². The molecule has 0 saturated carbocycles. The number of fused-ring (bicyclic) bond motifs is 1. The van der Waals surface area contributed by atoms with E-state index in [0.29, 0.717) is 5.56 Å². The molecule has 2 aromatic carbocycles. The van der Waals surface area contributed by atoms with Crippen LogP contribution in [-0.4, -0.2) is 18.1 Å². The normalized spacial score (nSPS) is 10.7. The van der Waals surface area contributed by atoms with Crippen molar-refractivity contribution in [3.8, 4) is 10.6 Å². The highest BCUT2D eigenvalue weighted by Crippen LogP contribution is 2.34. The Bertz CT molecular complexity index is 797. The molecule has 0 N–H and O–H groups in total. The highest BCUT2D eigenvalue weighted by Gasteiger charge is 2.11. The van der Waals surface area contributed by atoms with Gasteiger partial charge in [0.25, 0.3) is 0 Å². The lowest BCUT2D eigenvalue weighted by atomic mass is 10.2. The second kappa shape index (κ2) is 5.34. The lowest BCUT2D eigenvalue weighted by molar-refractivity contribution is 0.0601. The summed E-state index contributed by atoms with van der Waals surface area (Å²) < 4.78 is 6.71. The predicted octanol–water partition coefficient (Wildman–Crippen LogP) is 4.51. The van der Waals surface area contributed by atoms with Crippen LogP contribution in [0.4, 0.5) is 0 Å². The van der Waals surface area contributed by atoms with Crippen LogP contribution in [0.1, 0.15) is 10.4 Å². The fourth-order valence-electron chi connectivity index (χ4n) is 1.92. The molecule has 100 valence electrons. The summed E-state index contributed by atoms with van der Waals surface area (Å²) in [4.78, 5) is 16.1. The summed E-state index contributed by atoms with van der Waals surface area (Å²) in [5, 5.41) is 0.925. The fraction of sp³-hybridized carbons (Fsp3) is 0.0667. The van der Waals surface area contributed by atoms with E-state index < -0.39 is 0 Å². The van der Waals surface area contributed by atoms with Crippen molar-refractivity contribution < 1.29 is 9.53 Å². The molecule has 0 amide bonds. The van der Waals surface area contributed by atoms with E-state index in [-0.39, 0.29) is 5.97 Å². The molecule has 20 heavy (non-hydrogen) atoms. The molecule has 0 aliphatic carbocycles. The van der Waals surface area contributed by atoms with Gasteiger partial charge in [-0.2, -0.15) is 0 Å². The SMILES string of the molecule is COC(=O)c1ccc2nc(-c3ccccc3Br)sc2c1. The van der Waals surface area contributed by atoms with Gasteiger partial charge in [-0.3, -0.25) is 0 Å². The number of carbonyl (C=O) groups excluding carboxylic acids is 1. The number of benzene rings is 2. The molecule has 0 aliphatic rings. The van der Waals surface area contributed by atoms with Gasteiger partial charge >= 0.3 is 5.97 Å². The molecule has 0 fully saturated rings. The number of nitrogens with zero attached hydrogens (tertiary/aromatic N) is 1. The molecule has 0 bridgehead atoms. The van der Waals surface area contributed by atoms with Crippen molar-refractivity contribution in [1.29, 1.82) is 0 Å². The zero-order valence-electron chi connectivity index (χ0n) is 10.6. The van der Waals surface area contributed by atoms with Crippen molar-refractivity contribution in [2.75, 3.05) is 7.11 Å². The number of esters is 1. The van der Waals surface area contributed by atoms with Crippen LogP contribution < -0.4 is 0 Å². The van der Waals surface area contributed by atoms with Gasteiger partial charge in [-0.25, -0.2) is 9.78 Å². The minimum absolute atomic E-state index is 0.331. The van der Waals surface area contributed by atoms with E-state index in [4.69, 9.17) is 4.74 Å². The Morgan fingerprint density at radius 2 is 2.05 bits per heavy atom.